The lowest BCUT2D eigenvalue weighted by Gasteiger charge is -2.03. The summed E-state index contributed by atoms with van der Waals surface area (Å²) >= 11 is 1.15. The Hall–Kier alpha value is -1.99. The molecule has 2 rings (SSSR count). The van der Waals surface area contributed by atoms with Gasteiger partial charge in [-0.3, -0.25) is 16.0 Å². The van der Waals surface area contributed by atoms with Crippen molar-refractivity contribution in [3.8, 4) is 0 Å². The van der Waals surface area contributed by atoms with Gasteiger partial charge in [0.1, 0.15) is 5.82 Å². The molecule has 17 heavy (non-hydrogen) atoms. The van der Waals surface area contributed by atoms with Crippen LogP contribution in [-0.4, -0.2) is 15.3 Å². The fraction of sp³-hybridized carbons (Fsp3) is 0.100. The largest absolute Gasteiger partial charge is 0.324 e. The molecule has 0 aliphatic carbocycles. The Morgan fingerprint density at radius 3 is 2.59 bits per heavy atom. The van der Waals surface area contributed by atoms with Crippen molar-refractivity contribution in [2.75, 3.05) is 10.7 Å². The van der Waals surface area contributed by atoms with Gasteiger partial charge in [0, 0.05) is 22.8 Å². The Labute approximate surface area is 102 Å². The van der Waals surface area contributed by atoms with E-state index >= 15 is 0 Å². The van der Waals surface area contributed by atoms with Gasteiger partial charge in [-0.15, -0.1) is 0 Å². The molecule has 0 atom stereocenters. The van der Waals surface area contributed by atoms with Crippen LogP contribution in [0.4, 0.5) is 10.8 Å². The van der Waals surface area contributed by atoms with Crippen LogP contribution in [0.1, 0.15) is 16.2 Å². The van der Waals surface area contributed by atoms with Crippen LogP contribution < -0.4 is 16.6 Å². The van der Waals surface area contributed by atoms with Gasteiger partial charge in [0.05, 0.1) is 0 Å². The molecular weight excluding hydrogens is 238 g/mol. The lowest BCUT2D eigenvalue weighted by Crippen LogP contribution is -2.12. The average Bonchev–Trinajstić information content (AvgIpc) is 2.75. The molecular formula is C10H11N5OS. The molecule has 0 spiro atoms. The number of aryl methyl sites for hydroxylation is 1. The third-order valence-electron chi connectivity index (χ3n) is 2.06. The van der Waals surface area contributed by atoms with Crippen LogP contribution in [0, 0.1) is 6.92 Å². The molecule has 0 saturated heterocycles. The minimum absolute atomic E-state index is 0.218. The molecule has 0 radical (unpaired) electrons. The molecule has 4 N–H and O–H groups in total. The van der Waals surface area contributed by atoms with Crippen molar-refractivity contribution in [3.05, 3.63) is 35.7 Å². The fourth-order valence-corrected chi connectivity index (χ4v) is 1.81. The summed E-state index contributed by atoms with van der Waals surface area (Å²) in [7, 11) is 0. The number of carbonyl (C=O) groups is 1. The molecule has 0 aliphatic rings. The highest BCUT2D eigenvalue weighted by molar-refractivity contribution is 7.09. The summed E-state index contributed by atoms with van der Waals surface area (Å²) in [4.78, 5) is 15.9. The van der Waals surface area contributed by atoms with Gasteiger partial charge in [-0.1, -0.05) is 0 Å². The lowest BCUT2D eigenvalue weighted by atomic mass is 10.2. The van der Waals surface area contributed by atoms with Gasteiger partial charge in [0.2, 0.25) is 5.13 Å². The molecule has 0 unspecified atom stereocenters. The molecule has 1 aromatic heterocycles. The van der Waals surface area contributed by atoms with Crippen LogP contribution in [0.15, 0.2) is 24.3 Å². The first kappa shape index (κ1) is 11.5. The number of hydrazine groups is 1. The topological polar surface area (TPSA) is 92.9 Å². The summed E-state index contributed by atoms with van der Waals surface area (Å²) in [5.41, 5.74) is 3.78. The maximum Gasteiger partial charge on any atom is 0.257 e. The van der Waals surface area contributed by atoms with Crippen LogP contribution in [0.3, 0.4) is 0 Å². The third-order valence-corrected chi connectivity index (χ3v) is 2.78. The molecule has 7 heteroatoms. The quantitative estimate of drug-likeness (QED) is 0.564. The summed E-state index contributed by atoms with van der Waals surface area (Å²) in [6.07, 6.45) is 0. The van der Waals surface area contributed by atoms with Crippen molar-refractivity contribution >= 4 is 28.3 Å². The second-order valence-corrected chi connectivity index (χ2v) is 4.07. The molecule has 0 aliphatic heterocycles. The standard InChI is InChI=1S/C10H11N5OS/c1-6-12-10(17-15-6)13-9(16)7-2-4-8(14-11)5-3-7/h2-5,14H,11H2,1H3,(H,12,13,15,16). The fourth-order valence-electron chi connectivity index (χ4n) is 1.23. The minimum Gasteiger partial charge on any atom is -0.324 e. The SMILES string of the molecule is Cc1nsc(NC(=O)c2ccc(NN)cc2)n1. The van der Waals surface area contributed by atoms with Gasteiger partial charge in [0.15, 0.2) is 0 Å². The van der Waals surface area contributed by atoms with E-state index in [1.54, 1.807) is 31.2 Å². The van der Waals surface area contributed by atoms with Crippen molar-refractivity contribution in [1.82, 2.24) is 9.36 Å². The van der Waals surface area contributed by atoms with E-state index in [9.17, 15) is 4.79 Å². The number of carbonyl (C=O) groups excluding carboxylic acids is 1. The first-order chi connectivity index (χ1) is 8.19. The Morgan fingerprint density at radius 1 is 1.35 bits per heavy atom. The zero-order valence-electron chi connectivity index (χ0n) is 9.10. The summed E-state index contributed by atoms with van der Waals surface area (Å²) in [6.45, 7) is 1.77. The smallest absolute Gasteiger partial charge is 0.257 e. The number of hydrogen-bond acceptors (Lipinski definition) is 6. The molecule has 0 saturated carbocycles. The van der Waals surface area contributed by atoms with Gasteiger partial charge >= 0.3 is 0 Å². The number of benzene rings is 1. The summed E-state index contributed by atoms with van der Waals surface area (Å²) in [5.74, 6) is 5.66. The van der Waals surface area contributed by atoms with Crippen molar-refractivity contribution < 1.29 is 4.79 Å². The van der Waals surface area contributed by atoms with Crippen molar-refractivity contribution in [2.45, 2.75) is 6.92 Å². The number of hydrogen-bond donors (Lipinski definition) is 3. The van der Waals surface area contributed by atoms with E-state index < -0.39 is 0 Å². The van der Waals surface area contributed by atoms with Gasteiger partial charge < -0.3 is 5.43 Å². The first-order valence-electron chi connectivity index (χ1n) is 4.87. The third kappa shape index (κ3) is 2.77. The zero-order chi connectivity index (χ0) is 12.3. The molecule has 88 valence electrons. The maximum atomic E-state index is 11.8. The second-order valence-electron chi connectivity index (χ2n) is 3.32. The van der Waals surface area contributed by atoms with E-state index in [2.05, 4.69) is 20.1 Å². The highest BCUT2D eigenvalue weighted by Gasteiger charge is 2.08. The molecule has 0 fully saturated rings. The average molecular weight is 249 g/mol. The van der Waals surface area contributed by atoms with Crippen LogP contribution in [0.25, 0.3) is 0 Å². The van der Waals surface area contributed by atoms with E-state index in [1.807, 2.05) is 0 Å². The normalized spacial score (nSPS) is 10.0. The highest BCUT2D eigenvalue weighted by atomic mass is 32.1. The van der Waals surface area contributed by atoms with Gasteiger partial charge in [-0.05, 0) is 31.2 Å². The van der Waals surface area contributed by atoms with E-state index in [0.717, 1.165) is 17.2 Å². The molecule has 1 heterocycles. The van der Waals surface area contributed by atoms with Crippen LogP contribution in [0.5, 0.6) is 0 Å². The molecule has 1 amide bonds. The number of nitrogens with zero attached hydrogens (tertiary/aromatic N) is 2. The van der Waals surface area contributed by atoms with Crippen molar-refractivity contribution in [3.63, 3.8) is 0 Å². The molecule has 0 bridgehead atoms. The number of anilines is 2. The van der Waals surface area contributed by atoms with Gasteiger partial charge in [-0.2, -0.15) is 4.37 Å². The van der Waals surface area contributed by atoms with Gasteiger partial charge in [-0.25, -0.2) is 4.98 Å². The zero-order valence-corrected chi connectivity index (χ0v) is 9.91. The van der Waals surface area contributed by atoms with E-state index in [1.165, 1.54) is 0 Å². The second kappa shape index (κ2) is 4.89. The molecule has 2 aromatic rings. The Balaban J connectivity index is 2.09. The number of amides is 1. The maximum absolute atomic E-state index is 11.8. The van der Waals surface area contributed by atoms with Crippen molar-refractivity contribution in [1.29, 1.82) is 0 Å². The lowest BCUT2D eigenvalue weighted by molar-refractivity contribution is 0.102. The van der Waals surface area contributed by atoms with Gasteiger partial charge in [0.25, 0.3) is 5.91 Å². The Morgan fingerprint density at radius 2 is 2.06 bits per heavy atom. The Bertz CT molecular complexity index is 522. The molecule has 6 nitrogen and oxygen atoms in total. The van der Waals surface area contributed by atoms with E-state index in [4.69, 9.17) is 5.84 Å². The van der Waals surface area contributed by atoms with Crippen LogP contribution in [-0.2, 0) is 0 Å². The number of rotatable bonds is 3. The van der Waals surface area contributed by atoms with E-state index in [0.29, 0.717) is 16.5 Å². The predicted octanol–water partition coefficient (Wildman–Crippen LogP) is 1.38. The number of aromatic nitrogens is 2. The Kier molecular flexibility index (Phi) is 3.31. The summed E-state index contributed by atoms with van der Waals surface area (Å²) in [5, 5.41) is 3.16. The van der Waals surface area contributed by atoms with Crippen molar-refractivity contribution in [2.24, 2.45) is 5.84 Å². The summed E-state index contributed by atoms with van der Waals surface area (Å²) < 4.78 is 3.98. The minimum atomic E-state index is -0.218. The number of nitrogens with two attached hydrogens (primary N) is 1. The highest BCUT2D eigenvalue weighted by Crippen LogP contribution is 2.13. The first-order valence-corrected chi connectivity index (χ1v) is 5.65. The monoisotopic (exact) mass is 249 g/mol. The van der Waals surface area contributed by atoms with Crippen LogP contribution >= 0.6 is 11.5 Å². The summed E-state index contributed by atoms with van der Waals surface area (Å²) in [6, 6.07) is 6.80. The number of nitrogens with one attached hydrogen (secondary N) is 2. The molecule has 1 aromatic carbocycles. The number of nitrogen functional groups attached to an aromatic ring is 1. The van der Waals surface area contributed by atoms with Crippen LogP contribution in [0.2, 0.25) is 0 Å². The van der Waals surface area contributed by atoms with E-state index in [-0.39, 0.29) is 5.91 Å². The predicted molar refractivity (Wildman–Crippen MR) is 66.9 cm³/mol.